The van der Waals surface area contributed by atoms with E-state index in [1.165, 1.54) is 17.5 Å². The highest BCUT2D eigenvalue weighted by Crippen LogP contribution is 1.99. The molecule has 0 atom stereocenters. The minimum Gasteiger partial charge on any atom is -0.107 e. The van der Waals surface area contributed by atoms with Crippen molar-refractivity contribution < 1.29 is 0 Å². The molecule has 0 aromatic heterocycles. The molecular formula is C21H40. The molecule has 0 aliphatic rings. The fourth-order valence-corrected chi connectivity index (χ4v) is 0.637. The van der Waals surface area contributed by atoms with Gasteiger partial charge in [-0.3, -0.25) is 0 Å². The van der Waals surface area contributed by atoms with Gasteiger partial charge >= 0.3 is 0 Å². The van der Waals surface area contributed by atoms with Crippen molar-refractivity contribution in [3.8, 4) is 11.8 Å². The van der Waals surface area contributed by atoms with Gasteiger partial charge in [0.15, 0.2) is 0 Å². The smallest absolute Gasteiger partial charge is 0.00271 e. The molecule has 1 aromatic rings. The van der Waals surface area contributed by atoms with E-state index in [9.17, 15) is 0 Å². The van der Waals surface area contributed by atoms with Crippen molar-refractivity contribution >= 4 is 0 Å². The van der Waals surface area contributed by atoms with Crippen molar-refractivity contribution in [2.75, 3.05) is 0 Å². The van der Waals surface area contributed by atoms with Gasteiger partial charge in [-0.25, -0.2) is 0 Å². The summed E-state index contributed by atoms with van der Waals surface area (Å²) in [7, 11) is 0. The van der Waals surface area contributed by atoms with Crippen molar-refractivity contribution in [1.82, 2.24) is 0 Å². The van der Waals surface area contributed by atoms with Crippen LogP contribution in [0.5, 0.6) is 0 Å². The van der Waals surface area contributed by atoms with Crippen molar-refractivity contribution in [3.05, 3.63) is 47.5 Å². The monoisotopic (exact) mass is 292 g/mol. The predicted molar refractivity (Wildman–Crippen MR) is 105 cm³/mol. The Balaban J connectivity index is -0.0000000576. The van der Waals surface area contributed by atoms with Crippen LogP contribution in [0, 0.1) is 25.7 Å². The molecule has 0 amide bonds. The van der Waals surface area contributed by atoms with Gasteiger partial charge in [-0.05, 0) is 41.5 Å². The van der Waals surface area contributed by atoms with E-state index in [2.05, 4.69) is 63.8 Å². The maximum Gasteiger partial charge on any atom is -0.00271 e. The van der Waals surface area contributed by atoms with Crippen molar-refractivity contribution in [2.45, 2.75) is 76.7 Å². The topological polar surface area (TPSA) is 0 Å². The highest BCUT2D eigenvalue weighted by molar-refractivity contribution is 5.19. The van der Waals surface area contributed by atoms with Crippen molar-refractivity contribution in [3.63, 3.8) is 0 Å². The quantitative estimate of drug-likeness (QED) is 0.341. The SMILES string of the molecule is C.C.CC#CC.CC=CC.CCC.Cc1ccc(C)cc1. The second-order valence-corrected chi connectivity index (χ2v) is 4.03. The number of allylic oxidation sites excluding steroid dienone is 2. The van der Waals surface area contributed by atoms with Crippen LogP contribution in [0.3, 0.4) is 0 Å². The molecule has 0 bridgehead atoms. The largest absolute Gasteiger partial charge is 0.107 e. The van der Waals surface area contributed by atoms with Crippen LogP contribution < -0.4 is 0 Å². The molecule has 1 rings (SSSR count). The molecule has 1 aromatic carbocycles. The summed E-state index contributed by atoms with van der Waals surface area (Å²) in [6.07, 6.45) is 5.25. The van der Waals surface area contributed by atoms with E-state index in [0.717, 1.165) is 0 Å². The van der Waals surface area contributed by atoms with Gasteiger partial charge in [0, 0.05) is 0 Å². The van der Waals surface area contributed by atoms with Crippen LogP contribution in [0.4, 0.5) is 0 Å². The van der Waals surface area contributed by atoms with Crippen LogP contribution in [0.1, 0.15) is 73.9 Å². The minimum atomic E-state index is 0. The number of hydrogen-bond donors (Lipinski definition) is 0. The van der Waals surface area contributed by atoms with Crippen LogP contribution in [0.25, 0.3) is 0 Å². The highest BCUT2D eigenvalue weighted by Gasteiger charge is 1.79. The molecular weight excluding hydrogens is 252 g/mol. The summed E-state index contributed by atoms with van der Waals surface area (Å²) >= 11 is 0. The van der Waals surface area contributed by atoms with Gasteiger partial charge in [0.1, 0.15) is 0 Å². The third-order valence-corrected chi connectivity index (χ3v) is 1.80. The number of rotatable bonds is 0. The maximum absolute atomic E-state index is 2.68. The lowest BCUT2D eigenvalue weighted by Gasteiger charge is -1.90. The van der Waals surface area contributed by atoms with E-state index in [-0.39, 0.29) is 14.9 Å². The average molecular weight is 293 g/mol. The molecule has 0 radical (unpaired) electrons. The number of benzene rings is 1. The van der Waals surface area contributed by atoms with E-state index in [1.54, 1.807) is 0 Å². The summed E-state index contributed by atoms with van der Waals surface area (Å²) in [5, 5.41) is 0. The molecule has 0 nitrogen and oxygen atoms in total. The zero-order valence-electron chi connectivity index (χ0n) is 14.2. The Morgan fingerprint density at radius 2 is 0.952 bits per heavy atom. The van der Waals surface area contributed by atoms with Crippen molar-refractivity contribution in [2.24, 2.45) is 0 Å². The third kappa shape index (κ3) is 45.7. The molecule has 0 saturated heterocycles. The van der Waals surface area contributed by atoms with Gasteiger partial charge in [-0.1, -0.05) is 82.7 Å². The molecule has 21 heavy (non-hydrogen) atoms. The Morgan fingerprint density at radius 1 is 0.762 bits per heavy atom. The average Bonchev–Trinajstić information content (AvgIpc) is 2.43. The molecule has 124 valence electrons. The molecule has 0 N–H and O–H groups in total. The standard InChI is InChI=1S/C8H10.C4H8.C4H6.C3H8.2CH4/c1-7-3-5-8(2)6-4-7;2*1-3-4-2;1-3-2;;/h3-6H,1-2H3;3-4H,1-2H3;1-2H3;3H2,1-2H3;2*1H4. The van der Waals surface area contributed by atoms with Gasteiger partial charge in [-0.2, -0.15) is 0 Å². The Bertz CT molecular complexity index is 300. The molecule has 0 spiro atoms. The van der Waals surface area contributed by atoms with Crippen LogP contribution in [-0.2, 0) is 0 Å². The first-order valence-electron chi connectivity index (χ1n) is 6.97. The second kappa shape index (κ2) is 31.1. The number of hydrogen-bond acceptors (Lipinski definition) is 0. The first-order valence-corrected chi connectivity index (χ1v) is 6.97. The van der Waals surface area contributed by atoms with Crippen LogP contribution >= 0.6 is 0 Å². The number of aryl methyl sites for hydroxylation is 2. The minimum absolute atomic E-state index is 0. The highest BCUT2D eigenvalue weighted by atomic mass is 13.9. The summed E-state index contributed by atoms with van der Waals surface area (Å²) in [5.41, 5.74) is 2.66. The van der Waals surface area contributed by atoms with E-state index in [4.69, 9.17) is 0 Å². The zero-order valence-corrected chi connectivity index (χ0v) is 14.2. The Kier molecular flexibility index (Phi) is 47.0. The lowest BCUT2D eigenvalue weighted by Crippen LogP contribution is -1.70. The van der Waals surface area contributed by atoms with E-state index in [0.29, 0.717) is 0 Å². The van der Waals surface area contributed by atoms with Crippen LogP contribution in [-0.4, -0.2) is 0 Å². The summed E-state index contributed by atoms with van der Waals surface area (Å²) in [6, 6.07) is 8.48. The molecule has 0 fully saturated rings. The molecule has 0 heterocycles. The first-order chi connectivity index (χ1) is 9.03. The van der Waals surface area contributed by atoms with Crippen LogP contribution in [0.2, 0.25) is 0 Å². The lowest BCUT2D eigenvalue weighted by molar-refractivity contribution is 1.09. The molecule has 0 unspecified atom stereocenters. The van der Waals surface area contributed by atoms with E-state index in [1.807, 2.05) is 39.8 Å². The summed E-state index contributed by atoms with van der Waals surface area (Å²) < 4.78 is 0. The van der Waals surface area contributed by atoms with E-state index < -0.39 is 0 Å². The summed E-state index contributed by atoms with van der Waals surface area (Å²) in [4.78, 5) is 0. The Labute approximate surface area is 136 Å². The Hall–Kier alpha value is -1.48. The van der Waals surface area contributed by atoms with Crippen LogP contribution in [0.15, 0.2) is 36.4 Å². The fraction of sp³-hybridized carbons (Fsp3) is 0.524. The lowest BCUT2D eigenvalue weighted by atomic mass is 10.2. The van der Waals surface area contributed by atoms with Gasteiger partial charge in [-0.15, -0.1) is 11.8 Å². The third-order valence-electron chi connectivity index (χ3n) is 1.80. The van der Waals surface area contributed by atoms with Gasteiger partial charge < -0.3 is 0 Å². The normalized spacial score (nSPS) is 6.86. The fourth-order valence-electron chi connectivity index (χ4n) is 0.637. The first kappa shape index (κ1) is 31.8. The molecule has 0 heteroatoms. The van der Waals surface area contributed by atoms with Gasteiger partial charge in [0.25, 0.3) is 0 Å². The molecule has 0 saturated carbocycles. The van der Waals surface area contributed by atoms with Gasteiger partial charge in [0.05, 0.1) is 0 Å². The Morgan fingerprint density at radius 3 is 1.05 bits per heavy atom. The van der Waals surface area contributed by atoms with Gasteiger partial charge in [0.2, 0.25) is 0 Å². The zero-order chi connectivity index (χ0) is 15.5. The molecule has 0 aliphatic heterocycles. The predicted octanol–water partition coefficient (Wildman–Crippen LogP) is 7.60. The summed E-state index contributed by atoms with van der Waals surface area (Å²) in [5.74, 6) is 5.36. The molecule has 0 aliphatic carbocycles. The second-order valence-electron chi connectivity index (χ2n) is 4.03. The maximum atomic E-state index is 2.68. The van der Waals surface area contributed by atoms with Crippen molar-refractivity contribution in [1.29, 1.82) is 0 Å². The summed E-state index contributed by atoms with van der Waals surface area (Å²) in [6.45, 7) is 16.1. The van der Waals surface area contributed by atoms with E-state index >= 15 is 0 Å².